The summed E-state index contributed by atoms with van der Waals surface area (Å²) in [7, 11) is 0. The van der Waals surface area contributed by atoms with Crippen molar-refractivity contribution in [1.29, 1.82) is 0 Å². The van der Waals surface area contributed by atoms with Crippen molar-refractivity contribution in [3.63, 3.8) is 0 Å². The van der Waals surface area contributed by atoms with Crippen LogP contribution in [-0.4, -0.2) is 41.7 Å². The molecule has 0 aliphatic carbocycles. The van der Waals surface area contributed by atoms with Crippen LogP contribution in [0.4, 0.5) is 4.39 Å². The van der Waals surface area contributed by atoms with Gasteiger partial charge in [0.05, 0.1) is 29.2 Å². The van der Waals surface area contributed by atoms with Crippen LogP contribution in [0, 0.1) is 12.7 Å². The summed E-state index contributed by atoms with van der Waals surface area (Å²) in [6, 6.07) is 10.3. The van der Waals surface area contributed by atoms with Crippen LogP contribution in [0.1, 0.15) is 60.0 Å². The van der Waals surface area contributed by atoms with Crippen LogP contribution in [-0.2, 0) is 6.54 Å². The number of carbonyl (C=O) groups is 1. The van der Waals surface area contributed by atoms with Gasteiger partial charge in [0, 0.05) is 36.7 Å². The Hall–Kier alpha value is -3.81. The van der Waals surface area contributed by atoms with Gasteiger partial charge in [0.25, 0.3) is 11.9 Å². The molecular weight excluding hydrogens is 431 g/mol. The van der Waals surface area contributed by atoms with E-state index in [1.165, 1.54) is 12.1 Å². The van der Waals surface area contributed by atoms with Gasteiger partial charge in [0.2, 0.25) is 0 Å². The molecule has 4 heterocycles. The molecule has 174 valence electrons. The predicted molar refractivity (Wildman–Crippen MR) is 127 cm³/mol. The zero-order valence-electron chi connectivity index (χ0n) is 19.7. The predicted octanol–water partition coefficient (Wildman–Crippen LogP) is 4.92. The van der Waals surface area contributed by atoms with E-state index in [2.05, 4.69) is 33.8 Å². The van der Waals surface area contributed by atoms with Crippen LogP contribution in [0.25, 0.3) is 17.2 Å². The number of hydrogen-bond donors (Lipinski definition) is 0. The molecule has 0 saturated heterocycles. The summed E-state index contributed by atoms with van der Waals surface area (Å²) in [6.45, 7) is 9.44. The Morgan fingerprint density at radius 3 is 2.62 bits per heavy atom. The van der Waals surface area contributed by atoms with Crippen molar-refractivity contribution in [3.8, 4) is 17.2 Å². The fraction of sp³-hybridized carbons (Fsp3) is 0.308. The van der Waals surface area contributed by atoms with E-state index in [4.69, 9.17) is 4.98 Å². The monoisotopic (exact) mass is 458 g/mol. The maximum absolute atomic E-state index is 13.7. The Morgan fingerprint density at radius 2 is 1.88 bits per heavy atom. The smallest absolute Gasteiger partial charge is 0.257 e. The molecule has 1 unspecified atom stereocenters. The van der Waals surface area contributed by atoms with Crippen LogP contribution >= 0.6 is 0 Å². The molecule has 1 aliphatic heterocycles. The number of nitrogens with zero attached hydrogens (tertiary/aromatic N) is 6. The molecular formula is C26H27FN6O. The molecule has 0 fully saturated rings. The number of amides is 1. The molecule has 34 heavy (non-hydrogen) atoms. The lowest BCUT2D eigenvalue weighted by atomic mass is 10.0. The van der Waals surface area contributed by atoms with Crippen molar-refractivity contribution in [2.45, 2.75) is 46.2 Å². The summed E-state index contributed by atoms with van der Waals surface area (Å²) in [6.07, 6.45) is 5.41. The number of aryl methyl sites for hydroxylation is 1. The molecule has 0 spiro atoms. The van der Waals surface area contributed by atoms with E-state index in [-0.39, 0.29) is 23.7 Å². The maximum Gasteiger partial charge on any atom is 0.257 e. The Bertz CT molecular complexity index is 1350. The third-order valence-electron chi connectivity index (χ3n) is 6.45. The van der Waals surface area contributed by atoms with E-state index in [1.54, 1.807) is 29.2 Å². The van der Waals surface area contributed by atoms with E-state index >= 15 is 0 Å². The minimum Gasteiger partial charge on any atom is -0.348 e. The van der Waals surface area contributed by atoms with Crippen molar-refractivity contribution >= 4 is 5.91 Å². The zero-order chi connectivity index (χ0) is 24.0. The summed E-state index contributed by atoms with van der Waals surface area (Å²) in [4.78, 5) is 24.8. The van der Waals surface area contributed by atoms with Gasteiger partial charge < -0.3 is 9.47 Å². The molecule has 0 bridgehead atoms. The van der Waals surface area contributed by atoms with Crippen LogP contribution in [0.5, 0.6) is 0 Å². The standard InChI is InChI=1S/C26H27FN6O/c1-16(2)24-21(25(34)32-13-12-31-11-5-6-22(31)18(32)4)15-29-33(24)26-28-14-17(3)23(30-26)19-7-9-20(27)10-8-19/h5-11,14-16,18H,12-13H2,1-4H3. The Morgan fingerprint density at radius 1 is 1.12 bits per heavy atom. The largest absolute Gasteiger partial charge is 0.348 e. The summed E-state index contributed by atoms with van der Waals surface area (Å²) < 4.78 is 17.3. The second kappa shape index (κ2) is 8.52. The van der Waals surface area contributed by atoms with Gasteiger partial charge in [-0.25, -0.2) is 19.0 Å². The second-order valence-corrected chi connectivity index (χ2v) is 9.02. The van der Waals surface area contributed by atoms with Crippen LogP contribution < -0.4 is 0 Å². The molecule has 3 aromatic heterocycles. The molecule has 1 aliphatic rings. The lowest BCUT2D eigenvalue weighted by Crippen LogP contribution is -2.41. The number of carbonyl (C=O) groups excluding carboxylic acids is 1. The second-order valence-electron chi connectivity index (χ2n) is 9.02. The zero-order valence-corrected chi connectivity index (χ0v) is 19.7. The van der Waals surface area contributed by atoms with Gasteiger partial charge >= 0.3 is 0 Å². The number of aromatic nitrogens is 5. The Labute approximate surface area is 197 Å². The molecule has 0 saturated carbocycles. The van der Waals surface area contributed by atoms with E-state index in [0.717, 1.165) is 29.1 Å². The first-order valence-corrected chi connectivity index (χ1v) is 11.5. The van der Waals surface area contributed by atoms with Gasteiger partial charge in [-0.1, -0.05) is 13.8 Å². The van der Waals surface area contributed by atoms with Gasteiger partial charge in [-0.2, -0.15) is 5.10 Å². The number of rotatable bonds is 4. The average Bonchev–Trinajstić information content (AvgIpc) is 3.48. The third-order valence-corrected chi connectivity index (χ3v) is 6.45. The lowest BCUT2D eigenvalue weighted by Gasteiger charge is -2.35. The summed E-state index contributed by atoms with van der Waals surface area (Å²) in [5.74, 6) is 0.0609. The summed E-state index contributed by atoms with van der Waals surface area (Å²) in [5.41, 5.74) is 4.83. The highest BCUT2D eigenvalue weighted by Crippen LogP contribution is 2.30. The number of hydrogen-bond acceptors (Lipinski definition) is 4. The average molecular weight is 459 g/mol. The third kappa shape index (κ3) is 3.69. The Kier molecular flexibility index (Phi) is 5.51. The molecule has 8 heteroatoms. The molecule has 7 nitrogen and oxygen atoms in total. The molecule has 5 rings (SSSR count). The van der Waals surface area contributed by atoms with E-state index in [1.807, 2.05) is 31.7 Å². The SMILES string of the molecule is Cc1cnc(-n2ncc(C(=O)N3CCn4cccc4C3C)c2C(C)C)nc1-c1ccc(F)cc1. The highest BCUT2D eigenvalue weighted by molar-refractivity contribution is 5.95. The topological polar surface area (TPSA) is 68.8 Å². The molecule has 1 aromatic carbocycles. The van der Waals surface area contributed by atoms with Crippen molar-refractivity contribution in [1.82, 2.24) is 29.2 Å². The van der Waals surface area contributed by atoms with Crippen LogP contribution in [0.15, 0.2) is 55.0 Å². The Balaban J connectivity index is 1.54. The first kappa shape index (κ1) is 22.0. The van der Waals surface area contributed by atoms with Crippen LogP contribution in [0.2, 0.25) is 0 Å². The lowest BCUT2D eigenvalue weighted by molar-refractivity contribution is 0.0642. The number of benzene rings is 1. The molecule has 0 radical (unpaired) electrons. The summed E-state index contributed by atoms with van der Waals surface area (Å²) >= 11 is 0. The van der Waals surface area contributed by atoms with Gasteiger partial charge in [-0.15, -0.1) is 0 Å². The fourth-order valence-corrected chi connectivity index (χ4v) is 4.68. The minimum absolute atomic E-state index is 0.0181. The van der Waals surface area contributed by atoms with E-state index in [0.29, 0.717) is 23.8 Å². The van der Waals surface area contributed by atoms with Gasteiger partial charge in [-0.3, -0.25) is 4.79 Å². The van der Waals surface area contributed by atoms with Crippen molar-refractivity contribution in [2.75, 3.05) is 6.54 Å². The van der Waals surface area contributed by atoms with Gasteiger partial charge in [0.15, 0.2) is 0 Å². The van der Waals surface area contributed by atoms with Crippen molar-refractivity contribution in [3.05, 3.63) is 83.3 Å². The molecule has 1 amide bonds. The minimum atomic E-state index is -0.299. The fourth-order valence-electron chi connectivity index (χ4n) is 4.68. The molecule has 1 atom stereocenters. The van der Waals surface area contributed by atoms with Crippen molar-refractivity contribution in [2.24, 2.45) is 0 Å². The van der Waals surface area contributed by atoms with E-state index in [9.17, 15) is 9.18 Å². The molecule has 0 N–H and O–H groups in total. The molecule has 4 aromatic rings. The van der Waals surface area contributed by atoms with Gasteiger partial charge in [0.1, 0.15) is 5.82 Å². The quantitative estimate of drug-likeness (QED) is 0.435. The first-order chi connectivity index (χ1) is 16.3. The first-order valence-electron chi connectivity index (χ1n) is 11.5. The highest BCUT2D eigenvalue weighted by Gasteiger charge is 2.32. The van der Waals surface area contributed by atoms with E-state index < -0.39 is 0 Å². The van der Waals surface area contributed by atoms with Crippen LogP contribution in [0.3, 0.4) is 0 Å². The number of halogens is 1. The number of fused-ring (bicyclic) bond motifs is 1. The van der Waals surface area contributed by atoms with Gasteiger partial charge in [-0.05, 0) is 61.7 Å². The highest BCUT2D eigenvalue weighted by atomic mass is 19.1. The normalized spacial score (nSPS) is 15.6. The maximum atomic E-state index is 13.7. The summed E-state index contributed by atoms with van der Waals surface area (Å²) in [5, 5.41) is 4.54. The van der Waals surface area contributed by atoms with Crippen molar-refractivity contribution < 1.29 is 9.18 Å².